The van der Waals surface area contributed by atoms with Gasteiger partial charge in [0.05, 0.1) is 0 Å². The zero-order valence-electron chi connectivity index (χ0n) is 16.3. The van der Waals surface area contributed by atoms with Crippen LogP contribution >= 0.6 is 24.0 Å². The molecule has 6 nitrogen and oxygen atoms in total. The van der Waals surface area contributed by atoms with Crippen LogP contribution in [0.3, 0.4) is 0 Å². The number of anilines is 1. The molecule has 1 unspecified atom stereocenters. The molecular weight excluding hydrogens is 479 g/mol. The van der Waals surface area contributed by atoms with E-state index in [2.05, 4.69) is 39.1 Å². The third kappa shape index (κ3) is 5.09. The fourth-order valence-electron chi connectivity index (χ4n) is 3.59. The van der Waals surface area contributed by atoms with E-state index < -0.39 is 0 Å². The van der Waals surface area contributed by atoms with Crippen molar-refractivity contribution >= 4 is 52.5 Å². The van der Waals surface area contributed by atoms with E-state index in [0.29, 0.717) is 19.5 Å². The first-order chi connectivity index (χ1) is 13.7. The fourth-order valence-corrected chi connectivity index (χ4v) is 3.59. The van der Waals surface area contributed by atoms with E-state index in [0.717, 1.165) is 40.4 Å². The normalized spacial score (nSPS) is 16.0. The number of rotatable bonds is 5. The Labute approximate surface area is 187 Å². The van der Waals surface area contributed by atoms with Gasteiger partial charge in [-0.25, -0.2) is 0 Å². The maximum Gasteiger partial charge on any atom is 0.225 e. The Balaban J connectivity index is 0.00000240. The van der Waals surface area contributed by atoms with Crippen molar-refractivity contribution in [2.24, 2.45) is 4.99 Å². The number of aliphatic imine (C=N–C) groups is 1. The monoisotopic (exact) mass is 504 g/mol. The second kappa shape index (κ2) is 9.78. The number of halogens is 1. The molecule has 0 radical (unpaired) electrons. The highest BCUT2D eigenvalue weighted by Crippen LogP contribution is 2.31. The van der Waals surface area contributed by atoms with Crippen molar-refractivity contribution in [3.05, 3.63) is 65.9 Å². The number of fused-ring (bicyclic) bond motifs is 2. The number of nitrogens with one attached hydrogen (secondary N) is 3. The molecular formula is C22H25IN4O2. The lowest BCUT2D eigenvalue weighted by atomic mass is 9.90. The van der Waals surface area contributed by atoms with E-state index in [1.54, 1.807) is 7.05 Å². The van der Waals surface area contributed by atoms with E-state index in [1.807, 2.05) is 36.4 Å². The largest absolute Gasteiger partial charge is 0.461 e. The maximum atomic E-state index is 12.0. The summed E-state index contributed by atoms with van der Waals surface area (Å²) < 4.78 is 5.84. The second-order valence-electron chi connectivity index (χ2n) is 6.92. The minimum absolute atomic E-state index is 0. The maximum absolute atomic E-state index is 12.0. The Morgan fingerprint density at radius 2 is 1.97 bits per heavy atom. The molecule has 0 aliphatic carbocycles. The molecule has 0 saturated heterocycles. The quantitative estimate of drug-likeness (QED) is 0.280. The van der Waals surface area contributed by atoms with Gasteiger partial charge < -0.3 is 20.4 Å². The number of carbonyl (C=O) groups excluding carboxylic acids is 1. The fraction of sp³-hybridized carbons (Fsp3) is 0.273. The summed E-state index contributed by atoms with van der Waals surface area (Å²) >= 11 is 0. The SMILES string of the molecule is CN=C(NCCc1cc2ccccc2o1)NCC1CC(=O)Nc2ccccc21.I. The number of para-hydroxylation sites is 2. The summed E-state index contributed by atoms with van der Waals surface area (Å²) in [6.07, 6.45) is 1.24. The molecule has 3 N–H and O–H groups in total. The van der Waals surface area contributed by atoms with Gasteiger partial charge in [-0.1, -0.05) is 36.4 Å². The zero-order valence-corrected chi connectivity index (χ0v) is 18.6. The molecule has 1 amide bonds. The van der Waals surface area contributed by atoms with Gasteiger partial charge in [0.2, 0.25) is 5.91 Å². The van der Waals surface area contributed by atoms with Gasteiger partial charge in [0.15, 0.2) is 5.96 Å². The number of carbonyl (C=O) groups is 1. The lowest BCUT2D eigenvalue weighted by Crippen LogP contribution is -2.41. The van der Waals surface area contributed by atoms with Gasteiger partial charge in [-0.3, -0.25) is 9.79 Å². The van der Waals surface area contributed by atoms with Crippen molar-refractivity contribution in [1.82, 2.24) is 10.6 Å². The number of benzene rings is 2. The lowest BCUT2D eigenvalue weighted by Gasteiger charge is -2.26. The van der Waals surface area contributed by atoms with Crippen molar-refractivity contribution in [3.63, 3.8) is 0 Å². The van der Waals surface area contributed by atoms with Crippen molar-refractivity contribution in [2.75, 3.05) is 25.5 Å². The Bertz CT molecular complexity index is 982. The first-order valence-electron chi connectivity index (χ1n) is 9.53. The molecule has 0 spiro atoms. The Hall–Kier alpha value is -2.55. The number of hydrogen-bond acceptors (Lipinski definition) is 3. The number of nitrogens with zero attached hydrogens (tertiary/aromatic N) is 1. The van der Waals surface area contributed by atoms with Gasteiger partial charge in [0.1, 0.15) is 11.3 Å². The Morgan fingerprint density at radius 1 is 1.17 bits per heavy atom. The van der Waals surface area contributed by atoms with E-state index >= 15 is 0 Å². The van der Waals surface area contributed by atoms with Crippen LogP contribution in [0.4, 0.5) is 5.69 Å². The van der Waals surface area contributed by atoms with Crippen LogP contribution in [-0.2, 0) is 11.2 Å². The molecule has 3 aromatic rings. The molecule has 7 heteroatoms. The smallest absolute Gasteiger partial charge is 0.225 e. The van der Waals surface area contributed by atoms with Crippen molar-refractivity contribution in [3.8, 4) is 0 Å². The number of furan rings is 1. The molecule has 0 fully saturated rings. The number of guanidine groups is 1. The minimum atomic E-state index is 0. The van der Waals surface area contributed by atoms with E-state index in [9.17, 15) is 4.79 Å². The Morgan fingerprint density at radius 3 is 2.79 bits per heavy atom. The highest BCUT2D eigenvalue weighted by atomic mass is 127. The summed E-state index contributed by atoms with van der Waals surface area (Å²) in [6, 6.07) is 18.0. The third-order valence-electron chi connectivity index (χ3n) is 4.99. The summed E-state index contributed by atoms with van der Waals surface area (Å²) in [4.78, 5) is 16.2. The highest BCUT2D eigenvalue weighted by Gasteiger charge is 2.24. The topological polar surface area (TPSA) is 78.7 Å². The van der Waals surface area contributed by atoms with Gasteiger partial charge in [-0.15, -0.1) is 24.0 Å². The molecule has 152 valence electrons. The molecule has 0 saturated carbocycles. The first-order valence-corrected chi connectivity index (χ1v) is 9.53. The summed E-state index contributed by atoms with van der Waals surface area (Å²) in [5.74, 6) is 1.85. The summed E-state index contributed by atoms with van der Waals surface area (Å²) in [5.41, 5.74) is 2.97. The van der Waals surface area contributed by atoms with Crippen LogP contribution in [-0.4, -0.2) is 32.0 Å². The molecule has 1 atom stereocenters. The average molecular weight is 504 g/mol. The Kier molecular flexibility index (Phi) is 7.13. The van der Waals surface area contributed by atoms with Gasteiger partial charge >= 0.3 is 0 Å². The summed E-state index contributed by atoms with van der Waals surface area (Å²) in [7, 11) is 1.75. The zero-order chi connectivity index (χ0) is 19.3. The molecule has 0 bridgehead atoms. The van der Waals surface area contributed by atoms with Crippen molar-refractivity contribution in [2.45, 2.75) is 18.8 Å². The first kappa shape index (κ1) is 21.2. The van der Waals surface area contributed by atoms with Crippen LogP contribution in [0.25, 0.3) is 11.0 Å². The highest BCUT2D eigenvalue weighted by molar-refractivity contribution is 14.0. The number of amides is 1. The van der Waals surface area contributed by atoms with E-state index in [4.69, 9.17) is 4.42 Å². The van der Waals surface area contributed by atoms with Crippen LogP contribution < -0.4 is 16.0 Å². The van der Waals surface area contributed by atoms with Crippen LogP contribution in [0.2, 0.25) is 0 Å². The average Bonchev–Trinajstić information content (AvgIpc) is 3.13. The van der Waals surface area contributed by atoms with Crippen LogP contribution in [0.5, 0.6) is 0 Å². The van der Waals surface area contributed by atoms with Gasteiger partial charge in [0, 0.05) is 50.0 Å². The predicted molar refractivity (Wildman–Crippen MR) is 127 cm³/mol. The second-order valence-corrected chi connectivity index (χ2v) is 6.92. The number of hydrogen-bond donors (Lipinski definition) is 3. The lowest BCUT2D eigenvalue weighted by molar-refractivity contribution is -0.116. The van der Waals surface area contributed by atoms with Crippen LogP contribution in [0.15, 0.2) is 64.0 Å². The van der Waals surface area contributed by atoms with Crippen molar-refractivity contribution < 1.29 is 9.21 Å². The third-order valence-corrected chi connectivity index (χ3v) is 4.99. The molecule has 2 heterocycles. The molecule has 2 aromatic carbocycles. The van der Waals surface area contributed by atoms with Crippen molar-refractivity contribution in [1.29, 1.82) is 0 Å². The van der Waals surface area contributed by atoms with Gasteiger partial charge in [-0.05, 0) is 23.8 Å². The predicted octanol–water partition coefficient (Wildman–Crippen LogP) is 3.88. The molecule has 29 heavy (non-hydrogen) atoms. The molecule has 1 aliphatic rings. The van der Waals surface area contributed by atoms with Gasteiger partial charge in [0.25, 0.3) is 0 Å². The molecule has 1 aliphatic heterocycles. The summed E-state index contributed by atoms with van der Waals surface area (Å²) in [5, 5.41) is 10.7. The molecule has 1 aromatic heterocycles. The van der Waals surface area contributed by atoms with Crippen LogP contribution in [0, 0.1) is 0 Å². The molecule has 4 rings (SSSR count). The minimum Gasteiger partial charge on any atom is -0.461 e. The standard InChI is InChI=1S/C22H24N4O2.HI/c1-23-22(24-11-10-17-12-15-6-2-5-9-20(15)28-17)25-14-16-13-21(27)26-19-8-4-3-7-18(16)19;/h2-9,12,16H,10-11,13-14H2,1H3,(H,26,27)(H2,23,24,25);1H. The van der Waals surface area contributed by atoms with E-state index in [-0.39, 0.29) is 35.8 Å². The van der Waals surface area contributed by atoms with E-state index in [1.165, 1.54) is 0 Å². The summed E-state index contributed by atoms with van der Waals surface area (Å²) in [6.45, 7) is 1.36. The van der Waals surface area contributed by atoms with Gasteiger partial charge in [-0.2, -0.15) is 0 Å². The van der Waals surface area contributed by atoms with Crippen LogP contribution in [0.1, 0.15) is 23.7 Å².